The summed E-state index contributed by atoms with van der Waals surface area (Å²) in [5, 5.41) is 0. The van der Waals surface area contributed by atoms with Crippen LogP contribution in [0, 0.1) is 0 Å². The van der Waals surface area contributed by atoms with Gasteiger partial charge in [0.25, 0.3) is 0 Å². The van der Waals surface area contributed by atoms with E-state index < -0.39 is 10.0 Å². The second kappa shape index (κ2) is 6.48. The number of nitrogens with zero attached hydrogens (tertiary/aromatic N) is 1. The second-order valence-electron chi connectivity index (χ2n) is 4.74. The molecule has 1 aliphatic heterocycles. The highest BCUT2D eigenvalue weighted by molar-refractivity contribution is 7.99. The Bertz CT molecular complexity index is 516. The number of hydrogen-bond donors (Lipinski definition) is 0. The molecule has 0 aromatic heterocycles. The Hall–Kier alpha value is -0.230. The summed E-state index contributed by atoms with van der Waals surface area (Å²) in [4.78, 5) is 0. The number of rotatable bonds is 4. The number of thioether (sulfide) groups is 1. The molecule has 0 saturated carbocycles. The predicted octanol–water partition coefficient (Wildman–Crippen LogP) is 2.69. The SMILES string of the molecule is CC1CSCCN1S(=O)(=O)Cc1ccc(CCl)cc1. The molecule has 1 atom stereocenters. The van der Waals surface area contributed by atoms with Gasteiger partial charge in [-0.3, -0.25) is 0 Å². The van der Waals surface area contributed by atoms with Crippen molar-refractivity contribution in [1.82, 2.24) is 4.31 Å². The van der Waals surface area contributed by atoms with Gasteiger partial charge in [-0.2, -0.15) is 16.1 Å². The molecule has 1 aliphatic rings. The molecule has 1 saturated heterocycles. The van der Waals surface area contributed by atoms with Gasteiger partial charge in [0.05, 0.1) is 5.75 Å². The summed E-state index contributed by atoms with van der Waals surface area (Å²) in [7, 11) is -3.22. The predicted molar refractivity (Wildman–Crippen MR) is 82.1 cm³/mol. The Labute approximate surface area is 124 Å². The van der Waals surface area contributed by atoms with Crippen LogP contribution in [0.2, 0.25) is 0 Å². The number of alkyl halides is 1. The molecule has 1 fully saturated rings. The fourth-order valence-electron chi connectivity index (χ4n) is 2.14. The van der Waals surface area contributed by atoms with E-state index in [1.54, 1.807) is 4.31 Å². The lowest BCUT2D eigenvalue weighted by atomic mass is 10.2. The highest BCUT2D eigenvalue weighted by Gasteiger charge is 2.29. The normalized spacial score (nSPS) is 21.5. The maximum atomic E-state index is 12.4. The zero-order chi connectivity index (χ0) is 13.9. The van der Waals surface area contributed by atoms with Gasteiger partial charge < -0.3 is 0 Å². The van der Waals surface area contributed by atoms with E-state index >= 15 is 0 Å². The molecule has 1 unspecified atom stereocenters. The van der Waals surface area contributed by atoms with Gasteiger partial charge in [-0.1, -0.05) is 24.3 Å². The number of benzene rings is 1. The van der Waals surface area contributed by atoms with Gasteiger partial charge in [-0.05, 0) is 18.1 Å². The molecule has 0 bridgehead atoms. The molecule has 0 spiro atoms. The third-order valence-corrected chi connectivity index (χ3v) is 6.64. The lowest BCUT2D eigenvalue weighted by Crippen LogP contribution is -2.44. The summed E-state index contributed by atoms with van der Waals surface area (Å²) in [6, 6.07) is 7.55. The molecule has 6 heteroatoms. The van der Waals surface area contributed by atoms with Crippen molar-refractivity contribution in [3.05, 3.63) is 35.4 Å². The Kier molecular flexibility index (Phi) is 5.17. The van der Waals surface area contributed by atoms with E-state index in [2.05, 4.69) is 0 Å². The van der Waals surface area contributed by atoms with Crippen molar-refractivity contribution in [3.8, 4) is 0 Å². The summed E-state index contributed by atoms with van der Waals surface area (Å²) >= 11 is 7.54. The molecule has 3 nitrogen and oxygen atoms in total. The largest absolute Gasteiger partial charge is 0.218 e. The van der Waals surface area contributed by atoms with Crippen LogP contribution in [0.25, 0.3) is 0 Å². The first-order valence-corrected chi connectivity index (χ1v) is 9.54. The van der Waals surface area contributed by atoms with E-state index in [1.165, 1.54) is 0 Å². The Morgan fingerprint density at radius 1 is 1.32 bits per heavy atom. The second-order valence-corrected chi connectivity index (χ2v) is 8.08. The average Bonchev–Trinajstić information content (AvgIpc) is 2.39. The van der Waals surface area contributed by atoms with Crippen molar-refractivity contribution in [2.45, 2.75) is 24.6 Å². The van der Waals surface area contributed by atoms with Crippen LogP contribution in [0.3, 0.4) is 0 Å². The number of hydrogen-bond acceptors (Lipinski definition) is 3. The summed E-state index contributed by atoms with van der Waals surface area (Å²) in [6.45, 7) is 2.59. The molecule has 106 valence electrons. The monoisotopic (exact) mass is 319 g/mol. The quantitative estimate of drug-likeness (QED) is 0.801. The highest BCUT2D eigenvalue weighted by Crippen LogP contribution is 2.22. The molecule has 0 N–H and O–H groups in total. The zero-order valence-electron chi connectivity index (χ0n) is 10.9. The lowest BCUT2D eigenvalue weighted by Gasteiger charge is -2.32. The first-order chi connectivity index (χ1) is 9.03. The van der Waals surface area contributed by atoms with Crippen molar-refractivity contribution in [2.75, 3.05) is 18.1 Å². The fraction of sp³-hybridized carbons (Fsp3) is 0.538. The Balaban J connectivity index is 2.11. The molecule has 1 aromatic rings. The van der Waals surface area contributed by atoms with Crippen molar-refractivity contribution >= 4 is 33.4 Å². The molecule has 0 aliphatic carbocycles. The Morgan fingerprint density at radius 3 is 2.53 bits per heavy atom. The third-order valence-electron chi connectivity index (χ3n) is 3.19. The minimum absolute atomic E-state index is 0.0740. The van der Waals surface area contributed by atoms with Crippen LogP contribution in [0.5, 0.6) is 0 Å². The van der Waals surface area contributed by atoms with Crippen LogP contribution in [-0.2, 0) is 21.7 Å². The molecule has 0 radical (unpaired) electrons. The van der Waals surface area contributed by atoms with E-state index in [-0.39, 0.29) is 11.8 Å². The first-order valence-electron chi connectivity index (χ1n) is 6.24. The fourth-order valence-corrected chi connectivity index (χ4v) is 5.32. The van der Waals surface area contributed by atoms with E-state index in [0.29, 0.717) is 12.4 Å². The summed E-state index contributed by atoms with van der Waals surface area (Å²) in [5.41, 5.74) is 1.82. The van der Waals surface area contributed by atoms with Crippen LogP contribution in [0.1, 0.15) is 18.1 Å². The molecule has 1 aromatic carbocycles. The lowest BCUT2D eigenvalue weighted by molar-refractivity contribution is 0.367. The highest BCUT2D eigenvalue weighted by atomic mass is 35.5. The maximum Gasteiger partial charge on any atom is 0.218 e. The van der Waals surface area contributed by atoms with E-state index in [9.17, 15) is 8.42 Å². The van der Waals surface area contributed by atoms with Gasteiger partial charge in [-0.25, -0.2) is 8.42 Å². The van der Waals surface area contributed by atoms with Gasteiger partial charge in [-0.15, -0.1) is 11.6 Å². The molecule has 2 rings (SSSR count). The summed E-state index contributed by atoms with van der Waals surface area (Å²) in [5.74, 6) is 2.29. The number of sulfonamides is 1. The molecular formula is C13H18ClNO2S2. The van der Waals surface area contributed by atoms with Crippen molar-refractivity contribution in [2.24, 2.45) is 0 Å². The molecular weight excluding hydrogens is 302 g/mol. The third kappa shape index (κ3) is 3.88. The van der Waals surface area contributed by atoms with E-state index in [0.717, 1.165) is 22.6 Å². The van der Waals surface area contributed by atoms with Crippen molar-refractivity contribution in [1.29, 1.82) is 0 Å². The van der Waals surface area contributed by atoms with Gasteiger partial charge in [0.15, 0.2) is 0 Å². The van der Waals surface area contributed by atoms with E-state index in [1.807, 2.05) is 43.0 Å². The van der Waals surface area contributed by atoms with Gasteiger partial charge in [0.2, 0.25) is 10.0 Å². The number of halogens is 1. The van der Waals surface area contributed by atoms with Gasteiger partial charge in [0, 0.05) is 30.0 Å². The van der Waals surface area contributed by atoms with Crippen LogP contribution >= 0.6 is 23.4 Å². The van der Waals surface area contributed by atoms with Crippen LogP contribution < -0.4 is 0 Å². The molecule has 0 amide bonds. The van der Waals surface area contributed by atoms with Gasteiger partial charge in [0.1, 0.15) is 0 Å². The van der Waals surface area contributed by atoms with Crippen LogP contribution in [0.4, 0.5) is 0 Å². The zero-order valence-corrected chi connectivity index (χ0v) is 13.3. The smallest absolute Gasteiger partial charge is 0.212 e. The van der Waals surface area contributed by atoms with Crippen LogP contribution in [0.15, 0.2) is 24.3 Å². The van der Waals surface area contributed by atoms with E-state index in [4.69, 9.17) is 11.6 Å². The van der Waals surface area contributed by atoms with Gasteiger partial charge >= 0.3 is 0 Å². The molecule has 19 heavy (non-hydrogen) atoms. The van der Waals surface area contributed by atoms with Crippen molar-refractivity contribution in [3.63, 3.8) is 0 Å². The van der Waals surface area contributed by atoms with Crippen LogP contribution in [-0.4, -0.2) is 36.8 Å². The summed E-state index contributed by atoms with van der Waals surface area (Å²) in [6.07, 6.45) is 0. The minimum Gasteiger partial charge on any atom is -0.212 e. The Morgan fingerprint density at radius 2 is 1.95 bits per heavy atom. The first kappa shape index (κ1) is 15.2. The standard InChI is InChI=1S/C13H18ClNO2S2/c1-11-9-18-7-6-15(11)19(16,17)10-13-4-2-12(8-14)3-5-13/h2-5,11H,6-10H2,1H3. The average molecular weight is 320 g/mol. The minimum atomic E-state index is -3.22. The maximum absolute atomic E-state index is 12.4. The molecule has 1 heterocycles. The summed E-state index contributed by atoms with van der Waals surface area (Å²) < 4.78 is 26.5. The van der Waals surface area contributed by atoms with Crippen molar-refractivity contribution < 1.29 is 8.42 Å². The topological polar surface area (TPSA) is 37.4 Å².